The van der Waals surface area contributed by atoms with Crippen LogP contribution in [-0.2, 0) is 19.7 Å². The van der Waals surface area contributed by atoms with E-state index in [1.165, 1.54) is 0 Å². The molecule has 0 amide bonds. The van der Waals surface area contributed by atoms with Gasteiger partial charge in [-0.05, 0) is 45.7 Å². The lowest BCUT2D eigenvalue weighted by atomic mass is 10.1. The average Bonchev–Trinajstić information content (AvgIpc) is 2.67. The third kappa shape index (κ3) is 6.62. The SMILES string of the molecule is CCO[Si](OCC)[Si](CCc1ccc(OC)c(C)c1OC)([Si]([Si])([Si])[Si])[Si]([Si])([Si])OCC. The van der Waals surface area contributed by atoms with Gasteiger partial charge in [0.25, 0.3) is 0 Å². The van der Waals surface area contributed by atoms with E-state index in [-0.39, 0.29) is 0 Å². The summed E-state index contributed by atoms with van der Waals surface area (Å²) in [6.07, 6.45) is -1.53. The van der Waals surface area contributed by atoms with Crippen LogP contribution >= 0.6 is 0 Å². The summed E-state index contributed by atoms with van der Waals surface area (Å²) < 4.78 is 30.3. The zero-order valence-electron chi connectivity index (χ0n) is 19.2. The molecular formula is C17H30O5Si9. The fourth-order valence-electron chi connectivity index (χ4n) is 3.67. The summed E-state index contributed by atoms with van der Waals surface area (Å²) in [6.45, 7) is 4.80. The zero-order chi connectivity index (χ0) is 23.9. The number of hydrogen-bond acceptors (Lipinski definition) is 5. The van der Waals surface area contributed by atoms with E-state index >= 15 is 0 Å². The molecule has 0 saturated carbocycles. The number of ether oxygens (including phenoxy) is 2. The molecule has 1 atom stereocenters. The Bertz CT molecular complexity index is 695. The molecule has 164 valence electrons. The molecular weight excluding hydrogens is 537 g/mol. The van der Waals surface area contributed by atoms with E-state index in [4.69, 9.17) is 22.8 Å². The topological polar surface area (TPSA) is 46.2 Å². The van der Waals surface area contributed by atoms with Crippen LogP contribution in [-0.4, -0.2) is 111 Å². The number of aryl methyl sites for hydroxylation is 1. The van der Waals surface area contributed by atoms with Gasteiger partial charge in [0, 0.05) is 80.3 Å². The zero-order valence-corrected chi connectivity index (χ0v) is 28.2. The van der Waals surface area contributed by atoms with Gasteiger partial charge in [0.1, 0.15) is 25.0 Å². The van der Waals surface area contributed by atoms with E-state index in [0.29, 0.717) is 19.8 Å². The smallest absolute Gasteiger partial charge is 0.354 e. The molecule has 0 bridgehead atoms. The first-order valence-corrected chi connectivity index (χ1v) is 28.1. The van der Waals surface area contributed by atoms with Gasteiger partial charge < -0.3 is 22.8 Å². The van der Waals surface area contributed by atoms with Crippen LogP contribution in [0.2, 0.25) is 6.04 Å². The standard InChI is InChI=1S/C17H30O5Si9/c1-7-20-28(21-8-2)29(31(25,26)27,30(23,24)22-9-3)13-12-15-10-11-16(18-5)14(4)17(15)19-6/h10-11H,7-9,12-13H2,1-6H3. The Kier molecular flexibility index (Phi) is 12.4. The van der Waals surface area contributed by atoms with Crippen molar-refractivity contribution in [1.29, 1.82) is 0 Å². The number of rotatable bonds is 14. The summed E-state index contributed by atoms with van der Waals surface area (Å²) in [5, 5.41) is 0. The van der Waals surface area contributed by atoms with Crippen LogP contribution < -0.4 is 9.47 Å². The highest BCUT2D eigenvalue weighted by atomic mass is 30.4. The molecule has 1 aromatic carbocycles. The number of methoxy groups -OCH3 is 2. The molecule has 0 heterocycles. The van der Waals surface area contributed by atoms with Crippen molar-refractivity contribution in [3.63, 3.8) is 0 Å². The fourth-order valence-corrected chi connectivity index (χ4v) is 97.8. The number of benzene rings is 1. The Morgan fingerprint density at radius 3 is 1.87 bits per heavy atom. The first-order chi connectivity index (χ1) is 14.5. The maximum Gasteiger partial charge on any atom is 0.354 e. The molecule has 0 aliphatic heterocycles. The van der Waals surface area contributed by atoms with Gasteiger partial charge in [-0.15, -0.1) is 0 Å². The molecule has 0 fully saturated rings. The van der Waals surface area contributed by atoms with E-state index in [1.807, 2.05) is 33.8 Å². The highest BCUT2D eigenvalue weighted by Crippen LogP contribution is 2.36. The van der Waals surface area contributed by atoms with Crippen LogP contribution in [0.4, 0.5) is 0 Å². The van der Waals surface area contributed by atoms with Gasteiger partial charge in [-0.2, -0.15) is 0 Å². The Labute approximate surface area is 208 Å². The van der Waals surface area contributed by atoms with Gasteiger partial charge in [-0.3, -0.25) is 0 Å². The fraction of sp³-hybridized carbons (Fsp3) is 0.647. The minimum atomic E-state index is -2.57. The molecule has 5 nitrogen and oxygen atoms in total. The van der Waals surface area contributed by atoms with Crippen LogP contribution in [0.5, 0.6) is 11.5 Å². The third-order valence-electron chi connectivity index (χ3n) is 5.13. The van der Waals surface area contributed by atoms with E-state index in [0.717, 1.165) is 35.1 Å². The summed E-state index contributed by atoms with van der Waals surface area (Å²) in [6, 6.07) is 4.97. The second-order valence-electron chi connectivity index (χ2n) is 7.01. The molecule has 0 spiro atoms. The quantitative estimate of drug-likeness (QED) is 0.308. The molecule has 31 heavy (non-hydrogen) atoms. The van der Waals surface area contributed by atoms with E-state index < -0.39 is 28.4 Å². The maximum atomic E-state index is 6.38. The second-order valence-corrected chi connectivity index (χ2v) is 55.9. The Balaban J connectivity index is 3.59. The second kappa shape index (κ2) is 12.9. The number of hydrogen-bond donors (Lipinski definition) is 0. The first kappa shape index (κ1) is 29.7. The van der Waals surface area contributed by atoms with Crippen molar-refractivity contribution in [1.82, 2.24) is 0 Å². The molecule has 0 saturated heterocycles. The van der Waals surface area contributed by atoms with E-state index in [2.05, 4.69) is 54.9 Å². The van der Waals surface area contributed by atoms with Crippen molar-refractivity contribution in [2.75, 3.05) is 34.0 Å². The van der Waals surface area contributed by atoms with Crippen LogP contribution in [0.25, 0.3) is 0 Å². The molecule has 14 heteroatoms. The third-order valence-corrected chi connectivity index (χ3v) is 83.6. The van der Waals surface area contributed by atoms with Crippen LogP contribution in [0.15, 0.2) is 12.1 Å². The Hall–Kier alpha value is 0.652. The lowest BCUT2D eigenvalue weighted by Gasteiger charge is -2.52. The van der Waals surface area contributed by atoms with E-state index in [1.54, 1.807) is 14.2 Å². The normalized spacial score (nSPS) is 14.6. The maximum absolute atomic E-state index is 6.38. The highest BCUT2D eigenvalue weighted by Gasteiger charge is 2.65. The Morgan fingerprint density at radius 2 is 1.45 bits per heavy atom. The van der Waals surface area contributed by atoms with Crippen LogP contribution in [0, 0.1) is 6.92 Å². The first-order valence-electron chi connectivity index (χ1n) is 10.2. The van der Waals surface area contributed by atoms with Gasteiger partial charge in [-0.1, -0.05) is 12.1 Å². The molecule has 1 aromatic rings. The minimum absolute atomic E-state index is 0.595. The molecule has 0 N–H and O–H groups in total. The molecule has 0 aliphatic rings. The lowest BCUT2D eigenvalue weighted by molar-refractivity contribution is 0.229. The van der Waals surface area contributed by atoms with Gasteiger partial charge in [0.2, 0.25) is 0 Å². The minimum Gasteiger partial charge on any atom is -0.496 e. The molecule has 0 aromatic heterocycles. The largest absolute Gasteiger partial charge is 0.496 e. The van der Waals surface area contributed by atoms with Gasteiger partial charge in [-0.25, -0.2) is 0 Å². The van der Waals surface area contributed by atoms with Crippen molar-refractivity contribution < 1.29 is 22.8 Å². The highest BCUT2D eigenvalue weighted by molar-refractivity contribution is 8.11. The summed E-state index contributed by atoms with van der Waals surface area (Å²) in [7, 11) is 22.2. The van der Waals surface area contributed by atoms with E-state index in [9.17, 15) is 0 Å². The lowest BCUT2D eigenvalue weighted by Crippen LogP contribution is -2.89. The van der Waals surface area contributed by atoms with Crippen molar-refractivity contribution in [3.8, 4) is 11.5 Å². The van der Waals surface area contributed by atoms with Crippen LogP contribution in [0.1, 0.15) is 31.9 Å². The van der Waals surface area contributed by atoms with Gasteiger partial charge in [0.15, 0.2) is 0 Å². The van der Waals surface area contributed by atoms with Crippen LogP contribution in [0.3, 0.4) is 0 Å². The summed E-state index contributed by atoms with van der Waals surface area (Å²) >= 11 is 0. The average molecular weight is 567 g/mol. The van der Waals surface area contributed by atoms with Crippen molar-refractivity contribution in [2.45, 2.75) is 40.2 Å². The predicted molar refractivity (Wildman–Crippen MR) is 139 cm³/mol. The van der Waals surface area contributed by atoms with Crippen molar-refractivity contribution >= 4 is 77.2 Å². The molecule has 1 unspecified atom stereocenters. The summed E-state index contributed by atoms with van der Waals surface area (Å²) in [4.78, 5) is 0. The van der Waals surface area contributed by atoms with Crippen molar-refractivity contribution in [3.05, 3.63) is 23.3 Å². The molecule has 1 rings (SSSR count). The predicted octanol–water partition coefficient (Wildman–Crippen LogP) is 0.557. The summed E-state index contributed by atoms with van der Waals surface area (Å²) in [5.41, 5.74) is 2.13. The van der Waals surface area contributed by atoms with Crippen molar-refractivity contribution in [2.24, 2.45) is 0 Å². The van der Waals surface area contributed by atoms with Gasteiger partial charge in [0.05, 0.1) is 14.2 Å². The molecule has 16 radical (unpaired) electrons. The summed E-state index contributed by atoms with van der Waals surface area (Å²) in [5.74, 6) is 1.68. The molecule has 0 aliphatic carbocycles. The monoisotopic (exact) mass is 566 g/mol. The van der Waals surface area contributed by atoms with Gasteiger partial charge >= 0.3 is 8.80 Å². The Morgan fingerprint density at radius 1 is 0.871 bits per heavy atom.